The molecule has 110 valence electrons. The van der Waals surface area contributed by atoms with Crippen LogP contribution in [-0.2, 0) is 10.8 Å². The van der Waals surface area contributed by atoms with Crippen molar-refractivity contribution in [3.05, 3.63) is 47.8 Å². The Morgan fingerprint density at radius 2 is 1.76 bits per heavy atom. The van der Waals surface area contributed by atoms with Crippen LogP contribution < -0.4 is 5.32 Å². The lowest BCUT2D eigenvalue weighted by Gasteiger charge is -2.22. The zero-order valence-electron chi connectivity index (χ0n) is 11.5. The summed E-state index contributed by atoms with van der Waals surface area (Å²) in [5.41, 5.74) is 0.485. The molecule has 3 nitrogen and oxygen atoms in total. The van der Waals surface area contributed by atoms with Crippen molar-refractivity contribution >= 4 is 27.5 Å². The highest BCUT2D eigenvalue weighted by atomic mass is 32.2. The van der Waals surface area contributed by atoms with E-state index in [1.807, 2.05) is 0 Å². The standard InChI is InChI=1S/C16H16FNO2S/c17-15-6-5-14(12-3-1-2-4-13(12)15)16(19)18-11-7-9-21(20)10-8-11/h1-6,11H,7-10H2,(H,18,19). The van der Waals surface area contributed by atoms with Gasteiger partial charge in [0.05, 0.1) is 0 Å². The predicted molar refractivity (Wildman–Crippen MR) is 82.3 cm³/mol. The minimum absolute atomic E-state index is 0.0546. The highest BCUT2D eigenvalue weighted by molar-refractivity contribution is 7.85. The van der Waals surface area contributed by atoms with Gasteiger partial charge < -0.3 is 5.32 Å². The lowest BCUT2D eigenvalue weighted by molar-refractivity contribution is 0.0936. The quantitative estimate of drug-likeness (QED) is 0.927. The van der Waals surface area contributed by atoms with Gasteiger partial charge in [-0.1, -0.05) is 24.3 Å². The van der Waals surface area contributed by atoms with Crippen LogP contribution in [0.15, 0.2) is 36.4 Å². The summed E-state index contributed by atoms with van der Waals surface area (Å²) in [6.07, 6.45) is 1.47. The number of rotatable bonds is 2. The van der Waals surface area contributed by atoms with Crippen LogP contribution in [0.1, 0.15) is 23.2 Å². The van der Waals surface area contributed by atoms with E-state index in [0.717, 1.165) is 12.8 Å². The maximum absolute atomic E-state index is 13.8. The van der Waals surface area contributed by atoms with Crippen molar-refractivity contribution in [2.75, 3.05) is 11.5 Å². The number of fused-ring (bicyclic) bond motifs is 1. The van der Waals surface area contributed by atoms with Crippen LogP contribution in [0.5, 0.6) is 0 Å². The van der Waals surface area contributed by atoms with Crippen molar-refractivity contribution in [3.63, 3.8) is 0 Å². The molecule has 5 heteroatoms. The molecule has 0 bridgehead atoms. The van der Waals surface area contributed by atoms with Crippen molar-refractivity contribution in [2.24, 2.45) is 0 Å². The van der Waals surface area contributed by atoms with Crippen molar-refractivity contribution in [2.45, 2.75) is 18.9 Å². The minimum atomic E-state index is -0.746. The zero-order chi connectivity index (χ0) is 14.8. The van der Waals surface area contributed by atoms with E-state index in [1.165, 1.54) is 12.1 Å². The van der Waals surface area contributed by atoms with Crippen LogP contribution in [0, 0.1) is 5.82 Å². The minimum Gasteiger partial charge on any atom is -0.349 e. The molecular weight excluding hydrogens is 289 g/mol. The first-order chi connectivity index (χ1) is 10.1. The first-order valence-electron chi connectivity index (χ1n) is 6.98. The molecule has 0 saturated carbocycles. The molecule has 1 aliphatic rings. The highest BCUT2D eigenvalue weighted by Crippen LogP contribution is 2.22. The first-order valence-corrected chi connectivity index (χ1v) is 8.47. The van der Waals surface area contributed by atoms with Crippen LogP contribution in [0.4, 0.5) is 4.39 Å². The second-order valence-electron chi connectivity index (χ2n) is 5.24. The Morgan fingerprint density at radius 1 is 1.10 bits per heavy atom. The molecule has 0 aliphatic carbocycles. The molecule has 21 heavy (non-hydrogen) atoms. The molecular formula is C16H16FNO2S. The van der Waals surface area contributed by atoms with Gasteiger partial charge in [-0.25, -0.2) is 4.39 Å². The van der Waals surface area contributed by atoms with Gasteiger partial charge in [0.25, 0.3) is 5.91 Å². The van der Waals surface area contributed by atoms with Gasteiger partial charge in [-0.15, -0.1) is 0 Å². The number of hydrogen-bond donors (Lipinski definition) is 1. The van der Waals surface area contributed by atoms with Gasteiger partial charge in [0.2, 0.25) is 0 Å². The number of amides is 1. The summed E-state index contributed by atoms with van der Waals surface area (Å²) in [6, 6.07) is 9.88. The molecule has 1 N–H and O–H groups in total. The maximum Gasteiger partial charge on any atom is 0.252 e. The molecule has 1 aliphatic heterocycles. The van der Waals surface area contributed by atoms with Gasteiger partial charge in [-0.05, 0) is 30.4 Å². The van der Waals surface area contributed by atoms with Gasteiger partial charge in [0.1, 0.15) is 5.82 Å². The summed E-state index contributed by atoms with van der Waals surface area (Å²) in [5, 5.41) is 4.04. The van der Waals surface area contributed by atoms with Gasteiger partial charge in [0, 0.05) is 39.3 Å². The zero-order valence-corrected chi connectivity index (χ0v) is 12.3. The van der Waals surface area contributed by atoms with Crippen molar-refractivity contribution in [3.8, 4) is 0 Å². The van der Waals surface area contributed by atoms with E-state index < -0.39 is 10.8 Å². The summed E-state index contributed by atoms with van der Waals surface area (Å²) in [7, 11) is -0.746. The molecule has 1 saturated heterocycles. The average Bonchev–Trinajstić information content (AvgIpc) is 2.50. The molecule has 2 aromatic rings. The Hall–Kier alpha value is -1.75. The predicted octanol–water partition coefficient (Wildman–Crippen LogP) is 2.62. The van der Waals surface area contributed by atoms with E-state index in [1.54, 1.807) is 24.3 Å². The summed E-state index contributed by atoms with van der Waals surface area (Å²) in [6.45, 7) is 0. The first kappa shape index (κ1) is 14.2. The molecule has 3 rings (SSSR count). The smallest absolute Gasteiger partial charge is 0.252 e. The third-order valence-corrected chi connectivity index (χ3v) is 5.22. The van der Waals surface area contributed by atoms with Crippen LogP contribution in [0.25, 0.3) is 10.8 Å². The molecule has 0 radical (unpaired) electrons. The second-order valence-corrected chi connectivity index (χ2v) is 6.93. The molecule has 1 heterocycles. The third-order valence-electron chi connectivity index (χ3n) is 3.84. The van der Waals surface area contributed by atoms with Crippen LogP contribution in [-0.4, -0.2) is 27.7 Å². The molecule has 2 aromatic carbocycles. The van der Waals surface area contributed by atoms with Crippen molar-refractivity contribution in [1.82, 2.24) is 5.32 Å². The number of hydrogen-bond acceptors (Lipinski definition) is 2. The van der Waals surface area contributed by atoms with Crippen molar-refractivity contribution in [1.29, 1.82) is 0 Å². The second kappa shape index (κ2) is 5.93. The number of halogens is 1. The topological polar surface area (TPSA) is 46.2 Å². The SMILES string of the molecule is O=C(NC1CCS(=O)CC1)c1ccc(F)c2ccccc12. The molecule has 0 unspecified atom stereocenters. The summed E-state index contributed by atoms with van der Waals surface area (Å²) in [4.78, 5) is 12.4. The largest absolute Gasteiger partial charge is 0.349 e. The Morgan fingerprint density at radius 3 is 2.48 bits per heavy atom. The summed E-state index contributed by atoms with van der Waals surface area (Å²) >= 11 is 0. The monoisotopic (exact) mass is 305 g/mol. The molecule has 1 fully saturated rings. The van der Waals surface area contributed by atoms with E-state index in [4.69, 9.17) is 0 Å². The lowest BCUT2D eigenvalue weighted by Crippen LogP contribution is -2.39. The van der Waals surface area contributed by atoms with Crippen LogP contribution in [0.2, 0.25) is 0 Å². The average molecular weight is 305 g/mol. The Bertz CT molecular complexity index is 706. The molecule has 0 aromatic heterocycles. The van der Waals surface area contributed by atoms with Gasteiger partial charge in [-0.2, -0.15) is 0 Å². The molecule has 1 amide bonds. The van der Waals surface area contributed by atoms with Gasteiger partial charge in [0.15, 0.2) is 0 Å². The Labute approximate surface area is 125 Å². The van der Waals surface area contributed by atoms with E-state index in [9.17, 15) is 13.4 Å². The fraction of sp³-hybridized carbons (Fsp3) is 0.312. The number of carbonyl (C=O) groups is 1. The maximum atomic E-state index is 13.8. The fourth-order valence-electron chi connectivity index (χ4n) is 2.66. The van der Waals surface area contributed by atoms with Gasteiger partial charge >= 0.3 is 0 Å². The summed E-state index contributed by atoms with van der Waals surface area (Å²) in [5.74, 6) is 0.753. The summed E-state index contributed by atoms with van der Waals surface area (Å²) < 4.78 is 25.1. The molecule has 0 atom stereocenters. The van der Waals surface area contributed by atoms with E-state index in [2.05, 4.69) is 5.32 Å². The van der Waals surface area contributed by atoms with Crippen LogP contribution >= 0.6 is 0 Å². The van der Waals surface area contributed by atoms with Crippen LogP contribution in [0.3, 0.4) is 0 Å². The number of nitrogens with one attached hydrogen (secondary N) is 1. The highest BCUT2D eigenvalue weighted by Gasteiger charge is 2.21. The molecule has 0 spiro atoms. The normalized spacial score (nSPS) is 22.1. The number of carbonyl (C=O) groups excluding carboxylic acids is 1. The van der Waals surface area contributed by atoms with E-state index >= 15 is 0 Å². The Balaban J connectivity index is 1.85. The van der Waals surface area contributed by atoms with Crippen molar-refractivity contribution < 1.29 is 13.4 Å². The number of benzene rings is 2. The third kappa shape index (κ3) is 2.97. The van der Waals surface area contributed by atoms with E-state index in [-0.39, 0.29) is 17.8 Å². The Kier molecular flexibility index (Phi) is 4.01. The lowest BCUT2D eigenvalue weighted by atomic mass is 10.0. The van der Waals surface area contributed by atoms with E-state index in [0.29, 0.717) is 27.8 Å². The fourth-order valence-corrected chi connectivity index (χ4v) is 3.96. The van der Waals surface area contributed by atoms with Gasteiger partial charge in [-0.3, -0.25) is 9.00 Å².